The highest BCUT2D eigenvalue weighted by Crippen LogP contribution is 2.37. The molecular weight excluding hydrogens is 368 g/mol. The van der Waals surface area contributed by atoms with Crippen LogP contribution in [0.3, 0.4) is 0 Å². The molecule has 0 heterocycles. The third kappa shape index (κ3) is 2.69. The minimum atomic E-state index is -1.65. The summed E-state index contributed by atoms with van der Waals surface area (Å²) in [6.45, 7) is 0.0987. The summed E-state index contributed by atoms with van der Waals surface area (Å²) in [5, 5.41) is 0. The Kier molecular flexibility index (Phi) is 4.06. The van der Waals surface area contributed by atoms with Crippen LogP contribution in [0, 0.1) is 0 Å². The van der Waals surface area contributed by atoms with E-state index >= 15 is 0 Å². The van der Waals surface area contributed by atoms with Crippen molar-refractivity contribution in [2.24, 2.45) is 0 Å². The number of carbonyl (C=O) groups is 2. The summed E-state index contributed by atoms with van der Waals surface area (Å²) in [7, 11) is 0. The smallest absolute Gasteiger partial charge is 0.336 e. The van der Waals surface area contributed by atoms with E-state index in [0.717, 1.165) is 15.6 Å². The topological polar surface area (TPSA) is 43.4 Å². The molecule has 0 fully saturated rings. The Hall–Kier alpha value is -1.65. The van der Waals surface area contributed by atoms with Crippen LogP contribution >= 0.6 is 27.5 Å². The van der Waals surface area contributed by atoms with Gasteiger partial charge in [-0.1, -0.05) is 57.9 Å². The molecule has 0 bridgehead atoms. The number of ether oxygens (including phenoxy) is 1. The molecular formula is C17H12BrClO3. The van der Waals surface area contributed by atoms with E-state index in [9.17, 15) is 9.59 Å². The van der Waals surface area contributed by atoms with Crippen LogP contribution in [0.4, 0.5) is 0 Å². The van der Waals surface area contributed by atoms with Gasteiger partial charge in [0.15, 0.2) is 5.78 Å². The summed E-state index contributed by atoms with van der Waals surface area (Å²) in [5.74, 6) is -1.09. The van der Waals surface area contributed by atoms with E-state index in [1.54, 1.807) is 12.1 Å². The summed E-state index contributed by atoms with van der Waals surface area (Å²) in [4.78, 5) is 23.1. The first-order valence-electron chi connectivity index (χ1n) is 6.74. The van der Waals surface area contributed by atoms with Gasteiger partial charge < -0.3 is 4.74 Å². The van der Waals surface area contributed by atoms with Crippen LogP contribution in [0.1, 0.15) is 21.5 Å². The van der Waals surface area contributed by atoms with Gasteiger partial charge >= 0.3 is 5.97 Å². The summed E-state index contributed by atoms with van der Waals surface area (Å²) < 4.78 is 6.09. The zero-order valence-electron chi connectivity index (χ0n) is 11.5. The van der Waals surface area contributed by atoms with Crippen LogP contribution in [0.25, 0.3) is 0 Å². The number of fused-ring (bicyclic) bond motifs is 1. The largest absolute Gasteiger partial charge is 0.459 e. The molecule has 0 spiro atoms. The van der Waals surface area contributed by atoms with Crippen molar-refractivity contribution < 1.29 is 14.3 Å². The number of carbonyl (C=O) groups excluding carboxylic acids is 2. The van der Waals surface area contributed by atoms with Gasteiger partial charge in [0, 0.05) is 16.5 Å². The number of halogens is 2. The van der Waals surface area contributed by atoms with Crippen molar-refractivity contribution in [3.63, 3.8) is 0 Å². The van der Waals surface area contributed by atoms with E-state index in [0.29, 0.717) is 5.56 Å². The number of Topliss-reactive ketones (excluding diaryl/α,β-unsaturated/α-hetero) is 1. The van der Waals surface area contributed by atoms with Crippen molar-refractivity contribution in [3.8, 4) is 0 Å². The van der Waals surface area contributed by atoms with E-state index in [2.05, 4.69) is 15.9 Å². The molecule has 112 valence electrons. The highest BCUT2D eigenvalue weighted by atomic mass is 79.9. The molecule has 0 saturated heterocycles. The Morgan fingerprint density at radius 3 is 2.68 bits per heavy atom. The minimum absolute atomic E-state index is 0.0987. The number of benzene rings is 2. The average molecular weight is 380 g/mol. The van der Waals surface area contributed by atoms with Gasteiger partial charge in [-0.05, 0) is 29.3 Å². The zero-order chi connectivity index (χ0) is 15.7. The number of alkyl halides is 1. The monoisotopic (exact) mass is 378 g/mol. The van der Waals surface area contributed by atoms with Crippen molar-refractivity contribution in [1.29, 1.82) is 0 Å². The highest BCUT2D eigenvalue weighted by Gasteiger charge is 2.51. The molecule has 0 saturated carbocycles. The van der Waals surface area contributed by atoms with E-state index in [-0.39, 0.29) is 13.0 Å². The molecule has 1 unspecified atom stereocenters. The lowest BCUT2D eigenvalue weighted by atomic mass is 10.0. The lowest BCUT2D eigenvalue weighted by Crippen LogP contribution is -2.40. The van der Waals surface area contributed by atoms with Crippen molar-refractivity contribution in [2.45, 2.75) is 17.9 Å². The standard InChI is InChI=1S/C17H12BrClO3/c18-13-6-7-14-12(8-13)9-17(19,15(14)20)16(21)22-10-11-4-2-1-3-5-11/h1-8H,9-10H2. The maximum absolute atomic E-state index is 12.4. The molecule has 0 aliphatic heterocycles. The van der Waals surface area contributed by atoms with Crippen LogP contribution in [-0.2, 0) is 22.6 Å². The Morgan fingerprint density at radius 2 is 1.95 bits per heavy atom. The fourth-order valence-electron chi connectivity index (χ4n) is 2.49. The van der Waals surface area contributed by atoms with Gasteiger partial charge in [-0.25, -0.2) is 4.79 Å². The average Bonchev–Trinajstić information content (AvgIpc) is 2.77. The molecule has 0 aromatic heterocycles. The number of hydrogen-bond acceptors (Lipinski definition) is 3. The fraction of sp³-hybridized carbons (Fsp3) is 0.176. The predicted octanol–water partition coefficient (Wildman–Crippen LogP) is 3.91. The number of esters is 1. The highest BCUT2D eigenvalue weighted by molar-refractivity contribution is 9.10. The van der Waals surface area contributed by atoms with Gasteiger partial charge in [0.05, 0.1) is 0 Å². The van der Waals surface area contributed by atoms with Crippen LogP contribution in [0.5, 0.6) is 0 Å². The van der Waals surface area contributed by atoms with Crippen LogP contribution in [0.2, 0.25) is 0 Å². The Labute approximate surface area is 141 Å². The second kappa shape index (κ2) is 5.86. The summed E-state index contributed by atoms with van der Waals surface area (Å²) >= 11 is 9.67. The number of rotatable bonds is 3. The molecule has 22 heavy (non-hydrogen) atoms. The summed E-state index contributed by atoms with van der Waals surface area (Å²) in [6, 6.07) is 14.5. The minimum Gasteiger partial charge on any atom is -0.459 e. The molecule has 1 aliphatic carbocycles. The first-order chi connectivity index (χ1) is 10.5. The fourth-order valence-corrected chi connectivity index (χ4v) is 3.20. The van der Waals surface area contributed by atoms with Crippen LogP contribution in [0.15, 0.2) is 53.0 Å². The SMILES string of the molecule is O=C(OCc1ccccc1)C1(Cl)Cc2cc(Br)ccc2C1=O. The van der Waals surface area contributed by atoms with Crippen LogP contribution in [-0.4, -0.2) is 16.6 Å². The van der Waals surface area contributed by atoms with Gasteiger partial charge in [0.25, 0.3) is 0 Å². The second-order valence-corrected chi connectivity index (χ2v) is 6.73. The van der Waals surface area contributed by atoms with Gasteiger partial charge in [0.1, 0.15) is 6.61 Å². The lowest BCUT2D eigenvalue weighted by Gasteiger charge is -2.17. The van der Waals surface area contributed by atoms with E-state index < -0.39 is 16.6 Å². The van der Waals surface area contributed by atoms with Crippen molar-refractivity contribution in [1.82, 2.24) is 0 Å². The number of ketones is 1. The second-order valence-electron chi connectivity index (χ2n) is 5.17. The molecule has 3 nitrogen and oxygen atoms in total. The Balaban J connectivity index is 1.77. The molecule has 0 radical (unpaired) electrons. The summed E-state index contributed by atoms with van der Waals surface area (Å²) in [6.07, 6.45) is 0.149. The van der Waals surface area contributed by atoms with E-state index in [1.165, 1.54) is 0 Å². The number of hydrogen-bond donors (Lipinski definition) is 0. The molecule has 1 atom stereocenters. The molecule has 2 aromatic rings. The van der Waals surface area contributed by atoms with Gasteiger partial charge in [-0.2, -0.15) is 0 Å². The summed E-state index contributed by atoms with van der Waals surface area (Å²) in [5.41, 5.74) is 2.09. The van der Waals surface area contributed by atoms with Crippen molar-refractivity contribution in [3.05, 3.63) is 69.7 Å². The lowest BCUT2D eigenvalue weighted by molar-refractivity contribution is -0.146. The normalized spacial score (nSPS) is 19.8. The quantitative estimate of drug-likeness (QED) is 0.461. The van der Waals surface area contributed by atoms with Gasteiger partial charge in [0.2, 0.25) is 4.87 Å². The molecule has 2 aromatic carbocycles. The third-order valence-corrected chi connectivity index (χ3v) is 4.60. The molecule has 0 amide bonds. The third-order valence-electron chi connectivity index (χ3n) is 3.64. The molecule has 0 N–H and O–H groups in total. The van der Waals surface area contributed by atoms with Gasteiger partial charge in [-0.15, -0.1) is 0 Å². The first-order valence-corrected chi connectivity index (χ1v) is 7.91. The molecule has 3 rings (SSSR count). The Bertz CT molecular complexity index is 745. The maximum atomic E-state index is 12.4. The Morgan fingerprint density at radius 1 is 1.23 bits per heavy atom. The molecule has 5 heteroatoms. The maximum Gasteiger partial charge on any atom is 0.336 e. The first kappa shape index (κ1) is 15.3. The molecule has 1 aliphatic rings. The van der Waals surface area contributed by atoms with Crippen molar-refractivity contribution in [2.75, 3.05) is 0 Å². The van der Waals surface area contributed by atoms with Crippen molar-refractivity contribution >= 4 is 39.3 Å². The zero-order valence-corrected chi connectivity index (χ0v) is 13.9. The predicted molar refractivity (Wildman–Crippen MR) is 87.0 cm³/mol. The van der Waals surface area contributed by atoms with E-state index in [4.69, 9.17) is 16.3 Å². The van der Waals surface area contributed by atoms with Gasteiger partial charge in [-0.3, -0.25) is 4.79 Å². The van der Waals surface area contributed by atoms with Crippen LogP contribution < -0.4 is 0 Å². The van der Waals surface area contributed by atoms with E-state index in [1.807, 2.05) is 36.4 Å².